The number of carbonyl (C=O) groups is 1. The Hall–Kier alpha value is -2.13. The standard InChI is InChI=1S/C23H30O3/c1-22(2,3)18-9-13-20(14-10-18)26-19-11-7-17(8-12-19)15-25-16-21(24)23(4,5)6/h7-14H,15-16H2,1-6H3. The van der Waals surface area contributed by atoms with Crippen LogP contribution in [0.1, 0.15) is 52.7 Å². The highest BCUT2D eigenvalue weighted by molar-refractivity contribution is 5.84. The first-order chi connectivity index (χ1) is 12.1. The summed E-state index contributed by atoms with van der Waals surface area (Å²) in [5, 5.41) is 0. The van der Waals surface area contributed by atoms with Crippen LogP contribution in [0.2, 0.25) is 0 Å². The van der Waals surface area contributed by atoms with E-state index in [0.29, 0.717) is 6.61 Å². The second kappa shape index (κ2) is 8.05. The Kier molecular flexibility index (Phi) is 6.25. The van der Waals surface area contributed by atoms with E-state index in [0.717, 1.165) is 17.1 Å². The summed E-state index contributed by atoms with van der Waals surface area (Å²) in [5.74, 6) is 1.71. The maximum absolute atomic E-state index is 11.9. The Bertz CT molecular complexity index is 714. The minimum Gasteiger partial charge on any atom is -0.457 e. The number of Topliss-reactive ketones (excluding diaryl/α,β-unsaturated/α-hetero) is 1. The molecular formula is C23H30O3. The maximum Gasteiger partial charge on any atom is 0.163 e. The number of rotatable bonds is 6. The molecule has 0 fully saturated rings. The first-order valence-electron chi connectivity index (χ1n) is 9.04. The van der Waals surface area contributed by atoms with E-state index >= 15 is 0 Å². The van der Waals surface area contributed by atoms with E-state index < -0.39 is 0 Å². The van der Waals surface area contributed by atoms with Gasteiger partial charge in [-0.1, -0.05) is 65.8 Å². The van der Waals surface area contributed by atoms with Crippen LogP contribution >= 0.6 is 0 Å². The van der Waals surface area contributed by atoms with Crippen molar-refractivity contribution >= 4 is 5.78 Å². The average molecular weight is 354 g/mol. The minimum absolute atomic E-state index is 0.108. The third kappa shape index (κ3) is 5.99. The topological polar surface area (TPSA) is 35.5 Å². The lowest BCUT2D eigenvalue weighted by molar-refractivity contribution is -0.131. The van der Waals surface area contributed by atoms with Gasteiger partial charge < -0.3 is 9.47 Å². The number of ketones is 1. The van der Waals surface area contributed by atoms with E-state index in [1.807, 2.05) is 57.2 Å². The van der Waals surface area contributed by atoms with Crippen LogP contribution in [0.4, 0.5) is 0 Å². The molecule has 0 unspecified atom stereocenters. The third-order valence-corrected chi connectivity index (χ3v) is 4.22. The Labute approximate surface area is 157 Å². The quantitative estimate of drug-likeness (QED) is 0.647. The molecule has 0 saturated carbocycles. The van der Waals surface area contributed by atoms with Gasteiger partial charge in [-0.25, -0.2) is 0 Å². The fourth-order valence-corrected chi connectivity index (χ4v) is 2.29. The van der Waals surface area contributed by atoms with E-state index in [1.165, 1.54) is 5.56 Å². The number of hydrogen-bond donors (Lipinski definition) is 0. The van der Waals surface area contributed by atoms with Gasteiger partial charge >= 0.3 is 0 Å². The van der Waals surface area contributed by atoms with Gasteiger partial charge in [0, 0.05) is 5.41 Å². The van der Waals surface area contributed by atoms with Gasteiger partial charge in [0.15, 0.2) is 5.78 Å². The Morgan fingerprint density at radius 2 is 1.31 bits per heavy atom. The monoisotopic (exact) mass is 354 g/mol. The first kappa shape index (κ1) is 20.2. The summed E-state index contributed by atoms with van der Waals surface area (Å²) in [7, 11) is 0. The second-order valence-corrected chi connectivity index (χ2v) is 8.69. The summed E-state index contributed by atoms with van der Waals surface area (Å²) in [6.07, 6.45) is 0. The van der Waals surface area contributed by atoms with Crippen LogP contribution in [0.5, 0.6) is 11.5 Å². The molecule has 0 aliphatic rings. The average Bonchev–Trinajstić information content (AvgIpc) is 2.55. The highest BCUT2D eigenvalue weighted by Crippen LogP contribution is 2.27. The number of ether oxygens (including phenoxy) is 2. The summed E-state index contributed by atoms with van der Waals surface area (Å²) in [6, 6.07) is 15.9. The van der Waals surface area contributed by atoms with E-state index in [9.17, 15) is 4.79 Å². The van der Waals surface area contributed by atoms with Crippen molar-refractivity contribution in [1.82, 2.24) is 0 Å². The molecule has 0 heterocycles. The van der Waals surface area contributed by atoms with E-state index in [4.69, 9.17) is 9.47 Å². The molecule has 0 aromatic heterocycles. The molecule has 2 aromatic rings. The fourth-order valence-electron chi connectivity index (χ4n) is 2.29. The van der Waals surface area contributed by atoms with Crippen molar-refractivity contribution in [3.05, 3.63) is 59.7 Å². The molecule has 0 aliphatic carbocycles. The molecule has 3 nitrogen and oxygen atoms in total. The zero-order valence-corrected chi connectivity index (χ0v) is 16.8. The van der Waals surface area contributed by atoms with Gasteiger partial charge in [-0.2, -0.15) is 0 Å². The smallest absolute Gasteiger partial charge is 0.163 e. The molecule has 0 saturated heterocycles. The van der Waals surface area contributed by atoms with Gasteiger partial charge in [-0.05, 0) is 40.8 Å². The predicted molar refractivity (Wildman–Crippen MR) is 106 cm³/mol. The van der Waals surface area contributed by atoms with Crippen LogP contribution in [0, 0.1) is 5.41 Å². The largest absolute Gasteiger partial charge is 0.457 e. The molecule has 140 valence electrons. The first-order valence-corrected chi connectivity index (χ1v) is 9.04. The molecule has 3 heteroatoms. The van der Waals surface area contributed by atoms with Crippen LogP contribution in [0.15, 0.2) is 48.5 Å². The normalized spacial score (nSPS) is 12.1. The summed E-state index contributed by atoms with van der Waals surface area (Å²) < 4.78 is 11.4. The highest BCUT2D eigenvalue weighted by atomic mass is 16.5. The zero-order chi connectivity index (χ0) is 19.4. The van der Waals surface area contributed by atoms with Crippen LogP contribution in [0.25, 0.3) is 0 Å². The van der Waals surface area contributed by atoms with Gasteiger partial charge in [0.1, 0.15) is 18.1 Å². The molecule has 0 amide bonds. The molecule has 2 rings (SSSR count). The lowest BCUT2D eigenvalue weighted by Crippen LogP contribution is -2.24. The van der Waals surface area contributed by atoms with Crippen LogP contribution < -0.4 is 4.74 Å². The molecule has 0 spiro atoms. The van der Waals surface area contributed by atoms with Crippen LogP contribution in [-0.4, -0.2) is 12.4 Å². The zero-order valence-electron chi connectivity index (χ0n) is 16.8. The van der Waals surface area contributed by atoms with Crippen LogP contribution in [0.3, 0.4) is 0 Å². The van der Waals surface area contributed by atoms with E-state index in [2.05, 4.69) is 32.9 Å². The fraction of sp³-hybridized carbons (Fsp3) is 0.435. The van der Waals surface area contributed by atoms with Crippen molar-refractivity contribution in [1.29, 1.82) is 0 Å². The number of hydrogen-bond acceptors (Lipinski definition) is 3. The molecular weight excluding hydrogens is 324 g/mol. The molecule has 0 bridgehead atoms. The van der Waals surface area contributed by atoms with Gasteiger partial charge in [0.05, 0.1) is 6.61 Å². The van der Waals surface area contributed by atoms with Gasteiger partial charge in [0.2, 0.25) is 0 Å². The molecule has 0 N–H and O–H groups in total. The molecule has 0 atom stereocenters. The van der Waals surface area contributed by atoms with Gasteiger partial charge in [-0.3, -0.25) is 4.79 Å². The van der Waals surface area contributed by atoms with Gasteiger partial charge in [-0.15, -0.1) is 0 Å². The third-order valence-electron chi connectivity index (χ3n) is 4.22. The predicted octanol–water partition coefficient (Wildman–Crippen LogP) is 5.91. The lowest BCUT2D eigenvalue weighted by atomic mass is 9.87. The molecule has 0 aliphatic heterocycles. The number of carbonyl (C=O) groups excluding carboxylic acids is 1. The van der Waals surface area contributed by atoms with E-state index in [1.54, 1.807) is 0 Å². The van der Waals surface area contributed by atoms with Crippen molar-refractivity contribution in [2.45, 2.75) is 53.6 Å². The SMILES string of the molecule is CC(C)(C)C(=O)COCc1ccc(Oc2ccc(C(C)(C)C)cc2)cc1. The Balaban J connectivity index is 1.88. The Morgan fingerprint density at radius 3 is 1.77 bits per heavy atom. The lowest BCUT2D eigenvalue weighted by Gasteiger charge is -2.19. The number of benzene rings is 2. The van der Waals surface area contributed by atoms with Crippen molar-refractivity contribution in [2.75, 3.05) is 6.61 Å². The minimum atomic E-state index is -0.361. The van der Waals surface area contributed by atoms with Crippen LogP contribution in [-0.2, 0) is 21.6 Å². The Morgan fingerprint density at radius 1 is 0.808 bits per heavy atom. The highest BCUT2D eigenvalue weighted by Gasteiger charge is 2.20. The van der Waals surface area contributed by atoms with Crippen molar-refractivity contribution in [2.24, 2.45) is 5.41 Å². The summed E-state index contributed by atoms with van der Waals surface area (Å²) in [4.78, 5) is 11.9. The molecule has 2 aromatic carbocycles. The maximum atomic E-state index is 11.9. The second-order valence-electron chi connectivity index (χ2n) is 8.69. The summed E-state index contributed by atoms with van der Waals surface area (Å²) in [5.41, 5.74) is 2.07. The van der Waals surface area contributed by atoms with Crippen molar-refractivity contribution in [3.63, 3.8) is 0 Å². The van der Waals surface area contributed by atoms with Crippen molar-refractivity contribution < 1.29 is 14.3 Å². The van der Waals surface area contributed by atoms with Gasteiger partial charge in [0.25, 0.3) is 0 Å². The summed E-state index contributed by atoms with van der Waals surface area (Å²) >= 11 is 0. The summed E-state index contributed by atoms with van der Waals surface area (Å²) in [6.45, 7) is 12.8. The van der Waals surface area contributed by atoms with Crippen molar-refractivity contribution in [3.8, 4) is 11.5 Å². The molecule has 0 radical (unpaired) electrons. The molecule has 26 heavy (non-hydrogen) atoms. The van der Waals surface area contributed by atoms with E-state index in [-0.39, 0.29) is 23.2 Å².